The standard InChI is InChI=1S/C20H28N2O3/c1-3-20(23)21-12-15-6-8-22(9-7-15)13-16-10-17-11-18(24-2)4-5-19(17)25-14-16/h4-5,10-11,15H,3,6-9,12-14H2,1-2H3,(H,21,23). The molecule has 3 rings (SSSR count). The number of methoxy groups -OCH3 is 1. The van der Waals surface area contributed by atoms with Gasteiger partial charge in [-0.2, -0.15) is 0 Å². The molecule has 25 heavy (non-hydrogen) atoms. The molecule has 5 heteroatoms. The quantitative estimate of drug-likeness (QED) is 0.862. The number of likely N-dealkylation sites (tertiary alicyclic amines) is 1. The second kappa shape index (κ2) is 8.39. The van der Waals surface area contributed by atoms with Crippen molar-refractivity contribution in [1.29, 1.82) is 0 Å². The predicted octanol–water partition coefficient (Wildman–Crippen LogP) is 2.71. The van der Waals surface area contributed by atoms with E-state index in [0.29, 0.717) is 18.9 Å². The van der Waals surface area contributed by atoms with Crippen molar-refractivity contribution < 1.29 is 14.3 Å². The Kier molecular flexibility index (Phi) is 5.97. The molecule has 136 valence electrons. The first-order valence-electron chi connectivity index (χ1n) is 9.17. The van der Waals surface area contributed by atoms with Crippen LogP contribution < -0.4 is 14.8 Å². The fraction of sp³-hybridized carbons (Fsp3) is 0.550. The highest BCUT2D eigenvalue weighted by Gasteiger charge is 2.21. The molecule has 0 aliphatic carbocycles. The largest absolute Gasteiger partial charge is 0.497 e. The summed E-state index contributed by atoms with van der Waals surface area (Å²) in [7, 11) is 1.68. The van der Waals surface area contributed by atoms with Gasteiger partial charge in [0.05, 0.1) is 7.11 Å². The van der Waals surface area contributed by atoms with Crippen molar-refractivity contribution in [3.05, 3.63) is 29.3 Å². The SMILES string of the molecule is CCC(=O)NCC1CCN(CC2=Cc3cc(OC)ccc3OC2)CC1. The molecular weight excluding hydrogens is 316 g/mol. The third kappa shape index (κ3) is 4.75. The highest BCUT2D eigenvalue weighted by Crippen LogP contribution is 2.30. The second-order valence-electron chi connectivity index (χ2n) is 6.87. The van der Waals surface area contributed by atoms with E-state index in [9.17, 15) is 4.79 Å². The van der Waals surface area contributed by atoms with Crippen molar-refractivity contribution in [3.63, 3.8) is 0 Å². The van der Waals surface area contributed by atoms with Gasteiger partial charge in [-0.1, -0.05) is 6.92 Å². The van der Waals surface area contributed by atoms with Crippen LogP contribution in [-0.2, 0) is 4.79 Å². The van der Waals surface area contributed by atoms with Gasteiger partial charge in [0.15, 0.2) is 0 Å². The predicted molar refractivity (Wildman–Crippen MR) is 98.9 cm³/mol. The number of carbonyl (C=O) groups is 1. The van der Waals surface area contributed by atoms with Crippen LogP contribution in [0.3, 0.4) is 0 Å². The normalized spacial score (nSPS) is 18.1. The first kappa shape index (κ1) is 17.8. The fourth-order valence-corrected chi connectivity index (χ4v) is 3.44. The van der Waals surface area contributed by atoms with Crippen molar-refractivity contribution >= 4 is 12.0 Å². The number of hydrogen-bond donors (Lipinski definition) is 1. The minimum atomic E-state index is 0.154. The average molecular weight is 344 g/mol. The Balaban J connectivity index is 1.50. The lowest BCUT2D eigenvalue weighted by atomic mass is 9.96. The molecule has 0 bridgehead atoms. The van der Waals surface area contributed by atoms with E-state index in [1.54, 1.807) is 7.11 Å². The Morgan fingerprint density at radius 1 is 1.36 bits per heavy atom. The molecule has 1 saturated heterocycles. The zero-order chi connectivity index (χ0) is 17.6. The monoisotopic (exact) mass is 344 g/mol. The summed E-state index contributed by atoms with van der Waals surface area (Å²) in [5.74, 6) is 2.54. The lowest BCUT2D eigenvalue weighted by Crippen LogP contribution is -2.39. The molecule has 1 aromatic rings. The summed E-state index contributed by atoms with van der Waals surface area (Å²) in [6, 6.07) is 5.93. The third-order valence-electron chi connectivity index (χ3n) is 5.03. The Bertz CT molecular complexity index is 634. The Hall–Kier alpha value is -2.01. The van der Waals surface area contributed by atoms with Gasteiger partial charge < -0.3 is 14.8 Å². The maximum atomic E-state index is 11.4. The molecule has 0 aromatic heterocycles. The Morgan fingerprint density at radius 3 is 2.88 bits per heavy atom. The molecule has 0 saturated carbocycles. The number of benzene rings is 1. The van der Waals surface area contributed by atoms with E-state index in [1.165, 1.54) is 5.57 Å². The molecule has 1 amide bonds. The third-order valence-corrected chi connectivity index (χ3v) is 5.03. The molecule has 0 unspecified atom stereocenters. The van der Waals surface area contributed by atoms with Crippen LogP contribution in [0, 0.1) is 5.92 Å². The van der Waals surface area contributed by atoms with Crippen molar-refractivity contribution in [2.45, 2.75) is 26.2 Å². The molecule has 5 nitrogen and oxygen atoms in total. The van der Waals surface area contributed by atoms with Crippen LogP contribution in [-0.4, -0.2) is 50.7 Å². The number of fused-ring (bicyclic) bond motifs is 1. The van der Waals surface area contributed by atoms with Gasteiger partial charge in [0.2, 0.25) is 5.91 Å². The van der Waals surface area contributed by atoms with Crippen LogP contribution in [0.25, 0.3) is 6.08 Å². The summed E-state index contributed by atoms with van der Waals surface area (Å²) in [5.41, 5.74) is 2.40. The molecule has 0 radical (unpaired) electrons. The zero-order valence-electron chi connectivity index (χ0n) is 15.2. The molecule has 2 aliphatic rings. The van der Waals surface area contributed by atoms with E-state index in [1.807, 2.05) is 25.1 Å². The number of carbonyl (C=O) groups excluding carboxylic acids is 1. The van der Waals surface area contributed by atoms with Crippen LogP contribution in [0.4, 0.5) is 0 Å². The maximum absolute atomic E-state index is 11.4. The van der Waals surface area contributed by atoms with E-state index >= 15 is 0 Å². The summed E-state index contributed by atoms with van der Waals surface area (Å²) >= 11 is 0. The molecule has 0 spiro atoms. The van der Waals surface area contributed by atoms with E-state index in [4.69, 9.17) is 9.47 Å². The minimum absolute atomic E-state index is 0.154. The van der Waals surface area contributed by atoms with Gasteiger partial charge in [-0.3, -0.25) is 9.69 Å². The molecule has 1 N–H and O–H groups in total. The first-order chi connectivity index (χ1) is 12.2. The van der Waals surface area contributed by atoms with E-state index < -0.39 is 0 Å². The number of nitrogens with zero attached hydrogens (tertiary/aromatic N) is 1. The van der Waals surface area contributed by atoms with Gasteiger partial charge in [-0.05, 0) is 61.7 Å². The highest BCUT2D eigenvalue weighted by molar-refractivity contribution is 5.75. The Morgan fingerprint density at radius 2 is 2.16 bits per heavy atom. The van der Waals surface area contributed by atoms with Crippen molar-refractivity contribution in [2.75, 3.05) is 39.9 Å². The van der Waals surface area contributed by atoms with Gasteiger partial charge >= 0.3 is 0 Å². The molecule has 2 aliphatic heterocycles. The van der Waals surface area contributed by atoms with Crippen LogP contribution in [0.5, 0.6) is 11.5 Å². The van der Waals surface area contributed by atoms with E-state index in [0.717, 1.165) is 56.1 Å². The number of piperidine rings is 1. The Labute approximate surface area is 150 Å². The average Bonchev–Trinajstić information content (AvgIpc) is 2.66. The molecule has 0 atom stereocenters. The van der Waals surface area contributed by atoms with E-state index in [2.05, 4.69) is 16.3 Å². The van der Waals surface area contributed by atoms with Gasteiger partial charge in [0.1, 0.15) is 18.1 Å². The van der Waals surface area contributed by atoms with Crippen LogP contribution >= 0.6 is 0 Å². The van der Waals surface area contributed by atoms with Gasteiger partial charge in [-0.15, -0.1) is 0 Å². The molecule has 1 fully saturated rings. The molecular formula is C20H28N2O3. The number of ether oxygens (including phenoxy) is 2. The second-order valence-corrected chi connectivity index (χ2v) is 6.87. The fourth-order valence-electron chi connectivity index (χ4n) is 3.44. The number of rotatable bonds is 6. The van der Waals surface area contributed by atoms with Crippen LogP contribution in [0.2, 0.25) is 0 Å². The summed E-state index contributed by atoms with van der Waals surface area (Å²) < 4.78 is 11.2. The van der Waals surface area contributed by atoms with Crippen molar-refractivity contribution in [3.8, 4) is 11.5 Å². The number of nitrogens with one attached hydrogen (secondary N) is 1. The molecule has 1 aromatic carbocycles. The minimum Gasteiger partial charge on any atom is -0.497 e. The van der Waals surface area contributed by atoms with Gasteiger partial charge in [0, 0.05) is 25.1 Å². The van der Waals surface area contributed by atoms with Crippen LogP contribution in [0.1, 0.15) is 31.7 Å². The summed E-state index contributed by atoms with van der Waals surface area (Å²) in [6.07, 6.45) is 5.08. The van der Waals surface area contributed by atoms with E-state index in [-0.39, 0.29) is 5.91 Å². The number of hydrogen-bond acceptors (Lipinski definition) is 4. The summed E-state index contributed by atoms with van der Waals surface area (Å²) in [4.78, 5) is 13.9. The van der Waals surface area contributed by atoms with Gasteiger partial charge in [0.25, 0.3) is 0 Å². The maximum Gasteiger partial charge on any atom is 0.219 e. The number of amides is 1. The lowest BCUT2D eigenvalue weighted by molar-refractivity contribution is -0.121. The van der Waals surface area contributed by atoms with Gasteiger partial charge in [-0.25, -0.2) is 0 Å². The van der Waals surface area contributed by atoms with Crippen LogP contribution in [0.15, 0.2) is 23.8 Å². The van der Waals surface area contributed by atoms with Crippen molar-refractivity contribution in [1.82, 2.24) is 10.2 Å². The van der Waals surface area contributed by atoms with Crippen molar-refractivity contribution in [2.24, 2.45) is 5.92 Å². The molecule has 2 heterocycles. The highest BCUT2D eigenvalue weighted by atomic mass is 16.5. The first-order valence-corrected chi connectivity index (χ1v) is 9.17. The lowest BCUT2D eigenvalue weighted by Gasteiger charge is -2.33. The topological polar surface area (TPSA) is 50.8 Å². The summed E-state index contributed by atoms with van der Waals surface area (Å²) in [6.45, 7) is 6.48. The summed E-state index contributed by atoms with van der Waals surface area (Å²) in [5, 5.41) is 3.02. The smallest absolute Gasteiger partial charge is 0.219 e. The zero-order valence-corrected chi connectivity index (χ0v) is 15.2.